The summed E-state index contributed by atoms with van der Waals surface area (Å²) in [5, 5.41) is 2.28. The predicted molar refractivity (Wildman–Crippen MR) is 226 cm³/mol. The second kappa shape index (κ2) is 13.3. The Kier molecular flexibility index (Phi) is 8.31. The summed E-state index contributed by atoms with van der Waals surface area (Å²) in [6.45, 7) is 11.5. The molecule has 3 nitrogen and oxygen atoms in total. The molecule has 3 heteroatoms. The molecule has 0 aliphatic rings. The minimum Gasteiger partial charge on any atom is -0.455 e. The summed E-state index contributed by atoms with van der Waals surface area (Å²) in [4.78, 5) is 0. The Balaban J connectivity index is 1.32. The normalized spacial score (nSPS) is 11.9. The van der Waals surface area contributed by atoms with E-state index in [2.05, 4.69) is 202 Å². The monoisotopic (exact) mass is 701 g/mol. The molecule has 0 saturated carbocycles. The third-order valence-corrected chi connectivity index (χ3v) is 11.2. The Morgan fingerprint density at radius 3 is 1.78 bits per heavy atom. The van der Waals surface area contributed by atoms with Gasteiger partial charge >= 0.3 is 0 Å². The fraction of sp³-hybridized carbons (Fsp3) is 0.157. The van der Waals surface area contributed by atoms with E-state index in [4.69, 9.17) is 4.42 Å². The van der Waals surface area contributed by atoms with Gasteiger partial charge in [0.05, 0.1) is 7.05 Å². The Hall–Kier alpha value is -6.19. The fourth-order valence-corrected chi connectivity index (χ4v) is 8.42. The Bertz CT molecular complexity index is 2790. The van der Waals surface area contributed by atoms with Crippen LogP contribution in [-0.4, -0.2) is 4.57 Å². The van der Waals surface area contributed by atoms with E-state index in [9.17, 15) is 0 Å². The maximum Gasteiger partial charge on any atom is 0.299 e. The van der Waals surface area contributed by atoms with Crippen LogP contribution in [-0.2, 0) is 7.05 Å². The molecule has 0 N–H and O–H groups in total. The topological polar surface area (TPSA) is 21.9 Å². The standard InChI is InChI=1S/C51H45N2O/c1-32(2)42-30-39(37-27-25-36(26-28-37)35-16-9-7-10-17-35)31-43(33(3)4)49(42)53-45-22-14-13-21-44(45)52(6)51(53)47-34(5)24-29-41-48-40(38-18-11-8-12-19-38)20-15-23-46(48)54-50(41)47/h7-33H,1-6H3/q+1. The average molecular weight is 702 g/mol. The summed E-state index contributed by atoms with van der Waals surface area (Å²) in [5.74, 6) is 1.66. The van der Waals surface area contributed by atoms with Crippen molar-refractivity contribution >= 4 is 33.0 Å². The molecule has 9 aromatic rings. The number of aryl methyl sites for hydroxylation is 2. The van der Waals surface area contributed by atoms with Crippen molar-refractivity contribution in [3.05, 3.63) is 168 Å². The van der Waals surface area contributed by atoms with Crippen molar-refractivity contribution in [1.82, 2.24) is 4.57 Å². The Morgan fingerprint density at radius 1 is 0.556 bits per heavy atom. The van der Waals surface area contributed by atoms with Gasteiger partial charge in [-0.15, -0.1) is 0 Å². The number of fused-ring (bicyclic) bond motifs is 4. The number of hydrogen-bond acceptors (Lipinski definition) is 1. The summed E-state index contributed by atoms with van der Waals surface area (Å²) in [5.41, 5.74) is 17.7. The van der Waals surface area contributed by atoms with Crippen molar-refractivity contribution in [2.75, 3.05) is 0 Å². The lowest BCUT2D eigenvalue weighted by Crippen LogP contribution is -2.30. The summed E-state index contributed by atoms with van der Waals surface area (Å²) in [7, 11) is 2.21. The molecule has 2 heterocycles. The molecule has 0 radical (unpaired) electrons. The average Bonchev–Trinajstić information content (AvgIpc) is 3.72. The van der Waals surface area contributed by atoms with Gasteiger partial charge < -0.3 is 4.42 Å². The molecule has 0 fully saturated rings. The fourth-order valence-electron chi connectivity index (χ4n) is 8.42. The van der Waals surface area contributed by atoms with Crippen LogP contribution in [0.15, 0.2) is 156 Å². The van der Waals surface area contributed by atoms with E-state index in [-0.39, 0.29) is 11.8 Å². The molecule has 54 heavy (non-hydrogen) atoms. The van der Waals surface area contributed by atoms with Gasteiger partial charge in [0.1, 0.15) is 16.8 Å². The molecule has 0 bridgehead atoms. The van der Waals surface area contributed by atoms with Crippen molar-refractivity contribution < 1.29 is 8.98 Å². The van der Waals surface area contributed by atoms with Gasteiger partial charge in [-0.05, 0) is 88.0 Å². The Labute approximate surface area is 317 Å². The second-order valence-corrected chi connectivity index (χ2v) is 15.2. The molecule has 0 aliphatic heterocycles. The molecule has 0 atom stereocenters. The first-order valence-electron chi connectivity index (χ1n) is 19.1. The lowest BCUT2D eigenvalue weighted by Gasteiger charge is -2.21. The van der Waals surface area contributed by atoms with Gasteiger partial charge in [0, 0.05) is 21.9 Å². The minimum absolute atomic E-state index is 0.275. The van der Waals surface area contributed by atoms with Crippen LogP contribution in [0.3, 0.4) is 0 Å². The highest BCUT2D eigenvalue weighted by Crippen LogP contribution is 2.44. The molecular formula is C51H45N2O+. The zero-order valence-electron chi connectivity index (χ0n) is 31.9. The predicted octanol–water partition coefficient (Wildman–Crippen LogP) is 13.6. The molecule has 9 rings (SSSR count). The van der Waals surface area contributed by atoms with Crippen molar-refractivity contribution in [2.45, 2.75) is 46.5 Å². The quantitative estimate of drug-likeness (QED) is 0.152. The van der Waals surface area contributed by atoms with Crippen LogP contribution in [0.5, 0.6) is 0 Å². The first-order valence-corrected chi connectivity index (χ1v) is 19.1. The zero-order chi connectivity index (χ0) is 37.1. The second-order valence-electron chi connectivity index (χ2n) is 15.2. The van der Waals surface area contributed by atoms with Gasteiger partial charge in [-0.2, -0.15) is 4.57 Å². The zero-order valence-corrected chi connectivity index (χ0v) is 31.9. The molecule has 0 spiro atoms. The Morgan fingerprint density at radius 2 is 1.13 bits per heavy atom. The van der Waals surface area contributed by atoms with Crippen molar-refractivity contribution in [3.8, 4) is 50.5 Å². The van der Waals surface area contributed by atoms with E-state index < -0.39 is 0 Å². The molecule has 7 aromatic carbocycles. The van der Waals surface area contributed by atoms with E-state index in [1.54, 1.807) is 0 Å². The maximum atomic E-state index is 6.97. The van der Waals surface area contributed by atoms with Gasteiger partial charge in [0.2, 0.25) is 0 Å². The van der Waals surface area contributed by atoms with Crippen molar-refractivity contribution in [1.29, 1.82) is 0 Å². The van der Waals surface area contributed by atoms with E-state index in [1.807, 2.05) is 0 Å². The van der Waals surface area contributed by atoms with Gasteiger partial charge in [-0.3, -0.25) is 0 Å². The van der Waals surface area contributed by atoms with Gasteiger partial charge in [0.25, 0.3) is 5.82 Å². The number of nitrogens with zero attached hydrogens (tertiary/aromatic N) is 2. The number of rotatable bonds is 7. The number of imidazole rings is 1. The van der Waals surface area contributed by atoms with Crippen molar-refractivity contribution in [3.63, 3.8) is 0 Å². The largest absolute Gasteiger partial charge is 0.455 e. The summed E-state index contributed by atoms with van der Waals surface area (Å²) < 4.78 is 11.9. The smallest absolute Gasteiger partial charge is 0.299 e. The highest BCUT2D eigenvalue weighted by Gasteiger charge is 2.34. The van der Waals surface area contributed by atoms with Crippen LogP contribution in [0.4, 0.5) is 0 Å². The first-order chi connectivity index (χ1) is 26.3. The SMILES string of the molecule is Cc1ccc2c(oc3cccc(-c4ccccc4)c32)c1-c1n(-c2c(C(C)C)cc(-c3ccc(-c4ccccc4)cc3)cc2C(C)C)c2ccccc2[n+]1C. The van der Waals surface area contributed by atoms with Gasteiger partial charge in [-0.25, -0.2) is 4.57 Å². The molecule has 2 aromatic heterocycles. The molecule has 0 saturated heterocycles. The van der Waals surface area contributed by atoms with E-state index in [1.165, 1.54) is 66.8 Å². The van der Waals surface area contributed by atoms with Crippen molar-refractivity contribution in [2.24, 2.45) is 7.05 Å². The number of para-hydroxylation sites is 2. The van der Waals surface area contributed by atoms with Crippen LogP contribution in [0.25, 0.3) is 83.4 Å². The number of hydrogen-bond donors (Lipinski definition) is 0. The van der Waals surface area contributed by atoms with Gasteiger partial charge in [-0.1, -0.05) is 149 Å². The molecule has 0 amide bonds. The third-order valence-electron chi connectivity index (χ3n) is 11.2. The molecule has 0 aliphatic carbocycles. The van der Waals surface area contributed by atoms with E-state index in [0.29, 0.717) is 0 Å². The lowest BCUT2D eigenvalue weighted by molar-refractivity contribution is -0.633. The first kappa shape index (κ1) is 33.6. The number of benzene rings is 7. The summed E-state index contributed by atoms with van der Waals surface area (Å²) >= 11 is 0. The molecule has 0 unspecified atom stereocenters. The maximum absolute atomic E-state index is 6.97. The van der Waals surface area contributed by atoms with Crippen LogP contribution >= 0.6 is 0 Å². The molecule has 264 valence electrons. The summed E-state index contributed by atoms with van der Waals surface area (Å²) in [6.07, 6.45) is 0. The summed E-state index contributed by atoms with van der Waals surface area (Å²) in [6, 6.07) is 54.9. The van der Waals surface area contributed by atoms with E-state index >= 15 is 0 Å². The van der Waals surface area contributed by atoms with Crippen LogP contribution in [0.2, 0.25) is 0 Å². The minimum atomic E-state index is 0.275. The van der Waals surface area contributed by atoms with Crippen LogP contribution < -0.4 is 4.57 Å². The van der Waals surface area contributed by atoms with Crippen LogP contribution in [0.1, 0.15) is 56.2 Å². The lowest BCUT2D eigenvalue weighted by atomic mass is 9.87. The third kappa shape index (κ3) is 5.46. The number of furan rings is 1. The highest BCUT2D eigenvalue weighted by molar-refractivity contribution is 6.15. The van der Waals surface area contributed by atoms with Crippen LogP contribution in [0, 0.1) is 6.92 Å². The van der Waals surface area contributed by atoms with Gasteiger partial charge in [0.15, 0.2) is 16.6 Å². The highest BCUT2D eigenvalue weighted by atomic mass is 16.3. The van der Waals surface area contributed by atoms with E-state index in [0.717, 1.165) is 33.3 Å². The molecular weight excluding hydrogens is 657 g/mol. The number of aromatic nitrogens is 2.